The average Bonchev–Trinajstić information content (AvgIpc) is 2.87. The molecule has 0 radical (unpaired) electrons. The van der Waals surface area contributed by atoms with Gasteiger partial charge in [0.15, 0.2) is 0 Å². The van der Waals surface area contributed by atoms with Crippen molar-refractivity contribution in [2.24, 2.45) is 5.73 Å². The fraction of sp³-hybridized carbons (Fsp3) is 0.300. The second kappa shape index (κ2) is 3.61. The second-order valence-electron chi connectivity index (χ2n) is 3.52. The molecule has 14 heavy (non-hydrogen) atoms. The predicted octanol–water partition coefficient (Wildman–Crippen LogP) is 2.31. The van der Waals surface area contributed by atoms with Crippen LogP contribution in [0.4, 0.5) is 5.69 Å². The van der Waals surface area contributed by atoms with Crippen molar-refractivity contribution >= 4 is 27.5 Å². The molecular weight excluding hydrogens is 242 g/mol. The summed E-state index contributed by atoms with van der Waals surface area (Å²) in [7, 11) is 0. The van der Waals surface area contributed by atoms with Crippen LogP contribution in [0, 0.1) is 5.41 Å². The zero-order valence-electron chi connectivity index (χ0n) is 7.68. The largest absolute Gasteiger partial charge is 0.384 e. The fourth-order valence-corrected chi connectivity index (χ4v) is 1.68. The molecule has 0 atom stereocenters. The molecule has 0 unspecified atom stereocenters. The molecule has 0 amide bonds. The van der Waals surface area contributed by atoms with Crippen LogP contribution < -0.4 is 11.1 Å². The molecule has 1 aliphatic rings. The Balaban J connectivity index is 2.31. The van der Waals surface area contributed by atoms with Gasteiger partial charge < -0.3 is 11.1 Å². The Hall–Kier alpha value is -1.03. The second-order valence-corrected chi connectivity index (χ2v) is 4.44. The highest BCUT2D eigenvalue weighted by molar-refractivity contribution is 9.10. The van der Waals surface area contributed by atoms with Crippen molar-refractivity contribution in [2.45, 2.75) is 18.9 Å². The maximum atomic E-state index is 7.43. The van der Waals surface area contributed by atoms with Gasteiger partial charge in [-0.1, -0.05) is 15.9 Å². The smallest absolute Gasteiger partial charge is 0.124 e. The van der Waals surface area contributed by atoms with E-state index in [9.17, 15) is 0 Å². The van der Waals surface area contributed by atoms with Crippen LogP contribution >= 0.6 is 15.9 Å². The van der Waals surface area contributed by atoms with Gasteiger partial charge in [0.1, 0.15) is 5.84 Å². The Morgan fingerprint density at radius 2 is 2.21 bits per heavy atom. The van der Waals surface area contributed by atoms with Crippen LogP contribution in [0.2, 0.25) is 0 Å². The lowest BCUT2D eigenvalue weighted by atomic mass is 10.1. The summed E-state index contributed by atoms with van der Waals surface area (Å²) in [5.41, 5.74) is 7.22. The van der Waals surface area contributed by atoms with Crippen molar-refractivity contribution in [1.29, 1.82) is 5.41 Å². The normalized spacial score (nSPS) is 15.2. The van der Waals surface area contributed by atoms with E-state index in [1.165, 1.54) is 12.8 Å². The quantitative estimate of drug-likeness (QED) is 0.572. The Labute approximate surface area is 91.3 Å². The van der Waals surface area contributed by atoms with Crippen LogP contribution in [-0.4, -0.2) is 11.9 Å². The van der Waals surface area contributed by atoms with Crippen molar-refractivity contribution < 1.29 is 0 Å². The molecule has 2 rings (SSSR count). The van der Waals surface area contributed by atoms with E-state index in [1.807, 2.05) is 18.2 Å². The van der Waals surface area contributed by atoms with Crippen LogP contribution in [0.3, 0.4) is 0 Å². The van der Waals surface area contributed by atoms with E-state index in [-0.39, 0.29) is 5.84 Å². The molecule has 0 heterocycles. The number of nitrogen functional groups attached to an aromatic ring is 1. The summed E-state index contributed by atoms with van der Waals surface area (Å²) in [6, 6.07) is 6.29. The van der Waals surface area contributed by atoms with Gasteiger partial charge in [-0.15, -0.1) is 0 Å². The molecule has 0 saturated heterocycles. The average molecular weight is 254 g/mol. The number of rotatable bonds is 3. The molecule has 0 aromatic heterocycles. The number of anilines is 1. The van der Waals surface area contributed by atoms with E-state index in [2.05, 4.69) is 21.2 Å². The van der Waals surface area contributed by atoms with Gasteiger partial charge in [-0.2, -0.15) is 0 Å². The maximum absolute atomic E-state index is 7.43. The van der Waals surface area contributed by atoms with Gasteiger partial charge in [0.25, 0.3) is 0 Å². The topological polar surface area (TPSA) is 61.9 Å². The van der Waals surface area contributed by atoms with Crippen LogP contribution in [0.1, 0.15) is 18.4 Å². The summed E-state index contributed by atoms with van der Waals surface area (Å²) >= 11 is 3.40. The summed E-state index contributed by atoms with van der Waals surface area (Å²) in [6.45, 7) is 0. The minimum atomic E-state index is 0.112. The van der Waals surface area contributed by atoms with Gasteiger partial charge in [0.05, 0.1) is 0 Å². The van der Waals surface area contributed by atoms with E-state index in [4.69, 9.17) is 11.1 Å². The highest BCUT2D eigenvalue weighted by Gasteiger charge is 2.22. The zero-order valence-corrected chi connectivity index (χ0v) is 9.26. The number of hydrogen-bond donors (Lipinski definition) is 3. The minimum Gasteiger partial charge on any atom is -0.384 e. The van der Waals surface area contributed by atoms with Crippen LogP contribution in [-0.2, 0) is 0 Å². The highest BCUT2D eigenvalue weighted by atomic mass is 79.9. The standard InChI is InChI=1S/C10H12BrN3/c11-6-1-4-8(10(12)13)9(5-6)14-7-2-3-7/h1,4-5,7,14H,2-3H2,(H3,12,13). The maximum Gasteiger partial charge on any atom is 0.124 e. The Kier molecular flexibility index (Phi) is 2.46. The SMILES string of the molecule is N=C(N)c1ccc(Br)cc1NC1CC1. The lowest BCUT2D eigenvalue weighted by Gasteiger charge is -2.10. The molecule has 1 aromatic carbocycles. The first-order valence-corrected chi connectivity index (χ1v) is 5.36. The molecule has 1 saturated carbocycles. The van der Waals surface area contributed by atoms with Crippen molar-refractivity contribution in [3.63, 3.8) is 0 Å². The van der Waals surface area contributed by atoms with Crippen molar-refractivity contribution in [3.8, 4) is 0 Å². The zero-order chi connectivity index (χ0) is 10.1. The molecule has 0 aliphatic heterocycles. The third-order valence-corrected chi connectivity index (χ3v) is 2.70. The number of benzene rings is 1. The first-order valence-electron chi connectivity index (χ1n) is 4.57. The first kappa shape index (κ1) is 9.52. The Bertz CT molecular complexity index is 372. The monoisotopic (exact) mass is 253 g/mol. The van der Waals surface area contributed by atoms with Gasteiger partial charge in [0.2, 0.25) is 0 Å². The molecule has 1 fully saturated rings. The van der Waals surface area contributed by atoms with E-state index in [0.717, 1.165) is 15.7 Å². The van der Waals surface area contributed by atoms with E-state index in [1.54, 1.807) is 0 Å². The molecule has 1 aromatic rings. The van der Waals surface area contributed by atoms with E-state index >= 15 is 0 Å². The molecule has 4 heteroatoms. The molecule has 0 spiro atoms. The summed E-state index contributed by atoms with van der Waals surface area (Å²) < 4.78 is 1.01. The third kappa shape index (κ3) is 2.07. The number of nitrogens with two attached hydrogens (primary N) is 1. The third-order valence-electron chi connectivity index (χ3n) is 2.21. The first-order chi connectivity index (χ1) is 6.66. The molecule has 74 valence electrons. The molecule has 3 nitrogen and oxygen atoms in total. The predicted molar refractivity (Wildman–Crippen MR) is 61.8 cm³/mol. The number of nitrogens with one attached hydrogen (secondary N) is 2. The van der Waals surface area contributed by atoms with Crippen molar-refractivity contribution in [1.82, 2.24) is 0 Å². The summed E-state index contributed by atoms with van der Waals surface area (Å²) in [5, 5.41) is 10.8. The molecule has 1 aliphatic carbocycles. The Morgan fingerprint density at radius 1 is 1.50 bits per heavy atom. The molecular formula is C10H12BrN3. The van der Waals surface area contributed by atoms with Crippen LogP contribution in [0.25, 0.3) is 0 Å². The van der Waals surface area contributed by atoms with Crippen LogP contribution in [0.15, 0.2) is 22.7 Å². The number of amidine groups is 1. The number of halogens is 1. The lowest BCUT2D eigenvalue weighted by molar-refractivity contribution is 1.15. The van der Waals surface area contributed by atoms with E-state index < -0.39 is 0 Å². The van der Waals surface area contributed by atoms with Gasteiger partial charge in [-0.3, -0.25) is 5.41 Å². The van der Waals surface area contributed by atoms with Gasteiger partial charge >= 0.3 is 0 Å². The van der Waals surface area contributed by atoms with Gasteiger partial charge in [-0.25, -0.2) is 0 Å². The fourth-order valence-electron chi connectivity index (χ4n) is 1.32. The highest BCUT2D eigenvalue weighted by Crippen LogP contribution is 2.28. The number of hydrogen-bond acceptors (Lipinski definition) is 2. The van der Waals surface area contributed by atoms with Crippen molar-refractivity contribution in [3.05, 3.63) is 28.2 Å². The molecule has 4 N–H and O–H groups in total. The molecule has 0 bridgehead atoms. The van der Waals surface area contributed by atoms with Gasteiger partial charge in [-0.05, 0) is 31.0 Å². The minimum absolute atomic E-state index is 0.112. The van der Waals surface area contributed by atoms with E-state index in [0.29, 0.717) is 6.04 Å². The summed E-state index contributed by atoms with van der Waals surface area (Å²) in [6.07, 6.45) is 2.42. The van der Waals surface area contributed by atoms with Gasteiger partial charge in [0, 0.05) is 21.8 Å². The summed E-state index contributed by atoms with van der Waals surface area (Å²) in [4.78, 5) is 0. The summed E-state index contributed by atoms with van der Waals surface area (Å²) in [5.74, 6) is 0.112. The lowest BCUT2D eigenvalue weighted by Crippen LogP contribution is -2.15. The van der Waals surface area contributed by atoms with Crippen LogP contribution in [0.5, 0.6) is 0 Å². The Morgan fingerprint density at radius 3 is 2.79 bits per heavy atom. The van der Waals surface area contributed by atoms with Crippen molar-refractivity contribution in [2.75, 3.05) is 5.32 Å².